The number of rotatable bonds is 7. The molecule has 2 amide bonds. The number of nitrogens with zero attached hydrogens (tertiary/aromatic N) is 1. The average Bonchev–Trinajstić information content (AvgIpc) is 2.64. The second-order valence-corrected chi connectivity index (χ2v) is 7.50. The van der Waals surface area contributed by atoms with Crippen molar-refractivity contribution in [2.45, 2.75) is 20.0 Å². The highest BCUT2D eigenvalue weighted by molar-refractivity contribution is 9.10. The van der Waals surface area contributed by atoms with E-state index in [4.69, 9.17) is 27.9 Å². The number of ether oxygens (including phenoxy) is 1. The highest BCUT2D eigenvalue weighted by Crippen LogP contribution is 2.30. The Morgan fingerprint density at radius 2 is 1.89 bits per heavy atom. The summed E-state index contributed by atoms with van der Waals surface area (Å²) in [5.41, 5.74) is 0.291. The Morgan fingerprint density at radius 3 is 2.46 bits per heavy atom. The first kappa shape index (κ1) is 22.5. The summed E-state index contributed by atoms with van der Waals surface area (Å²) in [6.45, 7) is 3.40. The molecule has 1 unspecified atom stereocenters. The lowest BCUT2D eigenvalue weighted by atomic mass is 10.3. The number of benzene rings is 2. The summed E-state index contributed by atoms with van der Waals surface area (Å²) in [6.07, 6.45) is -0.876. The van der Waals surface area contributed by atoms with Crippen LogP contribution in [0.1, 0.15) is 13.8 Å². The first-order chi connectivity index (χ1) is 13.2. The van der Waals surface area contributed by atoms with Crippen LogP contribution in [0.3, 0.4) is 0 Å². The molecular weight excluding hydrogens is 474 g/mol. The average molecular weight is 492 g/mol. The number of carbonyl (C=O) groups excluding carboxylic acids is 2. The van der Waals surface area contributed by atoms with E-state index in [0.29, 0.717) is 32.5 Å². The number of halogens is 4. The van der Waals surface area contributed by atoms with Crippen molar-refractivity contribution in [2.24, 2.45) is 0 Å². The molecule has 0 saturated carbocycles. The molecule has 0 heterocycles. The fourth-order valence-electron chi connectivity index (χ4n) is 2.38. The van der Waals surface area contributed by atoms with Gasteiger partial charge in [0.2, 0.25) is 5.91 Å². The van der Waals surface area contributed by atoms with E-state index in [1.54, 1.807) is 32.0 Å². The van der Waals surface area contributed by atoms with Crippen LogP contribution in [0.4, 0.5) is 10.1 Å². The van der Waals surface area contributed by atoms with E-state index < -0.39 is 17.8 Å². The SMILES string of the molecule is CCN(CC(=O)Nc1c(Cl)cccc1Cl)C(=O)C(C)Oc1ccc(F)cc1Br. The van der Waals surface area contributed by atoms with Gasteiger partial charge < -0.3 is 15.0 Å². The number of anilines is 1. The Morgan fingerprint density at radius 1 is 1.25 bits per heavy atom. The fraction of sp³-hybridized carbons (Fsp3) is 0.263. The minimum atomic E-state index is -0.876. The monoisotopic (exact) mass is 490 g/mol. The van der Waals surface area contributed by atoms with Crippen LogP contribution in [0.25, 0.3) is 0 Å². The van der Waals surface area contributed by atoms with Crippen LogP contribution < -0.4 is 10.1 Å². The summed E-state index contributed by atoms with van der Waals surface area (Å²) in [5.74, 6) is -0.937. The lowest BCUT2D eigenvalue weighted by molar-refractivity contribution is -0.140. The van der Waals surface area contributed by atoms with E-state index in [-0.39, 0.29) is 12.5 Å². The minimum Gasteiger partial charge on any atom is -0.480 e. The van der Waals surface area contributed by atoms with Gasteiger partial charge in [0, 0.05) is 6.54 Å². The number of hydrogen-bond donors (Lipinski definition) is 1. The summed E-state index contributed by atoms with van der Waals surface area (Å²) in [7, 11) is 0. The van der Waals surface area contributed by atoms with Crippen LogP contribution in [0.5, 0.6) is 5.75 Å². The number of para-hydroxylation sites is 1. The highest BCUT2D eigenvalue weighted by Gasteiger charge is 2.24. The van der Waals surface area contributed by atoms with Crippen LogP contribution in [0.2, 0.25) is 10.0 Å². The van der Waals surface area contributed by atoms with E-state index in [9.17, 15) is 14.0 Å². The lowest BCUT2D eigenvalue weighted by Gasteiger charge is -2.25. The summed E-state index contributed by atoms with van der Waals surface area (Å²) in [6, 6.07) is 8.76. The lowest BCUT2D eigenvalue weighted by Crippen LogP contribution is -2.44. The molecule has 0 fully saturated rings. The van der Waals surface area contributed by atoms with Crippen molar-refractivity contribution in [3.05, 3.63) is 56.7 Å². The van der Waals surface area contributed by atoms with Gasteiger partial charge in [-0.2, -0.15) is 0 Å². The topological polar surface area (TPSA) is 58.6 Å². The Hall–Kier alpha value is -1.83. The quantitative estimate of drug-likeness (QED) is 0.582. The summed E-state index contributed by atoms with van der Waals surface area (Å²) in [4.78, 5) is 26.3. The van der Waals surface area contributed by atoms with Crippen LogP contribution in [0, 0.1) is 5.82 Å². The molecule has 28 heavy (non-hydrogen) atoms. The van der Waals surface area contributed by atoms with Gasteiger partial charge in [-0.1, -0.05) is 29.3 Å². The maximum Gasteiger partial charge on any atom is 0.263 e. The first-order valence-corrected chi connectivity index (χ1v) is 9.92. The van der Waals surface area contributed by atoms with Gasteiger partial charge in [0.25, 0.3) is 5.91 Å². The standard InChI is InChI=1S/C19H18BrCl2FN2O3/c1-3-25(10-17(26)24-18-14(21)5-4-6-15(18)22)19(27)11(2)28-16-8-7-12(23)9-13(16)20/h4-9,11H,3,10H2,1-2H3,(H,24,26). The van der Waals surface area contributed by atoms with Crippen molar-refractivity contribution in [3.63, 3.8) is 0 Å². The van der Waals surface area contributed by atoms with Gasteiger partial charge in [0.05, 0.1) is 26.8 Å². The molecule has 1 atom stereocenters. The molecule has 2 aromatic carbocycles. The molecule has 0 aliphatic rings. The zero-order valence-electron chi connectivity index (χ0n) is 15.1. The second kappa shape index (κ2) is 10.1. The zero-order valence-corrected chi connectivity index (χ0v) is 18.2. The molecule has 0 bridgehead atoms. The molecule has 150 valence electrons. The summed E-state index contributed by atoms with van der Waals surface area (Å²) < 4.78 is 19.2. The van der Waals surface area contributed by atoms with Gasteiger partial charge in [-0.05, 0) is 60.1 Å². The van der Waals surface area contributed by atoms with E-state index in [1.807, 2.05) is 0 Å². The van der Waals surface area contributed by atoms with Crippen molar-refractivity contribution >= 4 is 56.6 Å². The number of likely N-dealkylation sites (N-methyl/N-ethyl adjacent to an activating group) is 1. The molecule has 2 rings (SSSR count). The summed E-state index contributed by atoms with van der Waals surface area (Å²) >= 11 is 15.3. The number of nitrogens with one attached hydrogen (secondary N) is 1. The normalized spacial score (nSPS) is 11.6. The van der Waals surface area contributed by atoms with Crippen molar-refractivity contribution in [1.29, 1.82) is 0 Å². The number of carbonyl (C=O) groups is 2. The predicted octanol–water partition coefficient (Wildman–Crippen LogP) is 5.15. The Kier molecular flexibility index (Phi) is 8.10. The highest BCUT2D eigenvalue weighted by atomic mass is 79.9. The Balaban J connectivity index is 2.03. The van der Waals surface area contributed by atoms with Crippen LogP contribution in [-0.2, 0) is 9.59 Å². The third kappa shape index (κ3) is 5.83. The first-order valence-electron chi connectivity index (χ1n) is 8.37. The predicted molar refractivity (Wildman–Crippen MR) is 112 cm³/mol. The molecule has 0 aliphatic carbocycles. The number of amides is 2. The zero-order chi connectivity index (χ0) is 20.8. The molecular formula is C19H18BrCl2FN2O3. The van der Waals surface area contributed by atoms with E-state index >= 15 is 0 Å². The maximum atomic E-state index is 13.2. The van der Waals surface area contributed by atoms with Crippen LogP contribution >= 0.6 is 39.1 Å². The minimum absolute atomic E-state index is 0.199. The van der Waals surface area contributed by atoms with E-state index in [0.717, 1.165) is 0 Å². The number of hydrogen-bond acceptors (Lipinski definition) is 3. The molecule has 0 aromatic heterocycles. The summed E-state index contributed by atoms with van der Waals surface area (Å²) in [5, 5.41) is 3.21. The second-order valence-electron chi connectivity index (χ2n) is 5.83. The third-order valence-electron chi connectivity index (χ3n) is 3.80. The molecule has 1 N–H and O–H groups in total. The molecule has 0 saturated heterocycles. The fourth-order valence-corrected chi connectivity index (χ4v) is 3.32. The van der Waals surface area contributed by atoms with E-state index in [2.05, 4.69) is 21.2 Å². The molecule has 0 radical (unpaired) electrons. The molecule has 5 nitrogen and oxygen atoms in total. The Labute approximate surface area is 180 Å². The largest absolute Gasteiger partial charge is 0.480 e. The van der Waals surface area contributed by atoms with Crippen molar-refractivity contribution in [3.8, 4) is 5.75 Å². The van der Waals surface area contributed by atoms with Gasteiger partial charge >= 0.3 is 0 Å². The van der Waals surface area contributed by atoms with Gasteiger partial charge in [-0.15, -0.1) is 0 Å². The van der Waals surface area contributed by atoms with Crippen molar-refractivity contribution in [1.82, 2.24) is 4.90 Å². The van der Waals surface area contributed by atoms with Gasteiger partial charge in [0.15, 0.2) is 6.10 Å². The Bertz CT molecular complexity index is 862. The maximum absolute atomic E-state index is 13.2. The molecule has 9 heteroatoms. The molecule has 0 aliphatic heterocycles. The van der Waals surface area contributed by atoms with Gasteiger partial charge in [-0.3, -0.25) is 9.59 Å². The van der Waals surface area contributed by atoms with Crippen molar-refractivity contribution < 1.29 is 18.7 Å². The molecule has 2 aromatic rings. The third-order valence-corrected chi connectivity index (χ3v) is 5.05. The van der Waals surface area contributed by atoms with Crippen LogP contribution in [-0.4, -0.2) is 35.9 Å². The van der Waals surface area contributed by atoms with Crippen molar-refractivity contribution in [2.75, 3.05) is 18.4 Å². The van der Waals surface area contributed by atoms with Gasteiger partial charge in [0.1, 0.15) is 11.6 Å². The smallest absolute Gasteiger partial charge is 0.263 e. The van der Waals surface area contributed by atoms with Gasteiger partial charge in [-0.25, -0.2) is 4.39 Å². The van der Waals surface area contributed by atoms with Crippen LogP contribution in [0.15, 0.2) is 40.9 Å². The molecule has 0 spiro atoms. The van der Waals surface area contributed by atoms with E-state index in [1.165, 1.54) is 23.1 Å².